The topological polar surface area (TPSA) is 115 Å². The molecule has 0 fully saturated rings. The molecule has 1 heterocycles. The maximum atomic E-state index is 10.8. The summed E-state index contributed by atoms with van der Waals surface area (Å²) in [5.41, 5.74) is 1.41. The molecule has 2 aromatic rings. The van der Waals surface area contributed by atoms with Gasteiger partial charge in [-0.25, -0.2) is 9.78 Å². The Kier molecular flexibility index (Phi) is 3.58. The Morgan fingerprint density at radius 1 is 1.56 bits per heavy atom. The molecule has 0 radical (unpaired) electrons. The second-order valence-electron chi connectivity index (χ2n) is 3.46. The van der Waals surface area contributed by atoms with Crippen molar-refractivity contribution in [3.05, 3.63) is 28.5 Å². The second kappa shape index (κ2) is 4.99. The number of benzene rings is 1. The van der Waals surface area contributed by atoms with Crippen LogP contribution in [0.5, 0.6) is 0 Å². The Bertz CT molecular complexity index is 642. The van der Waals surface area contributed by atoms with E-state index < -0.39 is 14.1 Å². The second-order valence-corrected chi connectivity index (χ2v) is 4.76. The van der Waals surface area contributed by atoms with E-state index in [0.717, 1.165) is 0 Å². The van der Waals surface area contributed by atoms with E-state index in [9.17, 15) is 9.36 Å². The summed E-state index contributed by atoms with van der Waals surface area (Å²) < 4.78 is 10.6. The summed E-state index contributed by atoms with van der Waals surface area (Å²) in [4.78, 5) is 26.0. The third-order valence-corrected chi connectivity index (χ3v) is 2.88. The summed E-state index contributed by atoms with van der Waals surface area (Å²) in [5, 5.41) is 11.5. The number of halogens is 1. The molecule has 0 spiro atoms. The molecular formula is C9H8ClN3O4P+. The van der Waals surface area contributed by atoms with Crippen LogP contribution in [0.15, 0.2) is 12.1 Å². The molecule has 1 unspecified atom stereocenters. The molecule has 9 heteroatoms. The first-order valence-corrected chi connectivity index (χ1v) is 6.37. The maximum absolute atomic E-state index is 10.8. The van der Waals surface area contributed by atoms with E-state index in [2.05, 4.69) is 15.1 Å². The molecule has 1 aromatic carbocycles. The van der Waals surface area contributed by atoms with Gasteiger partial charge in [-0.1, -0.05) is 16.7 Å². The molecule has 18 heavy (non-hydrogen) atoms. The zero-order valence-electron chi connectivity index (χ0n) is 8.85. The average molecular weight is 289 g/mol. The van der Waals surface area contributed by atoms with Gasteiger partial charge in [0, 0.05) is 5.02 Å². The Hall–Kier alpha value is -1.53. The smallest absolute Gasteiger partial charge is 0.475 e. The molecule has 2 rings (SSSR count). The summed E-state index contributed by atoms with van der Waals surface area (Å²) in [5.74, 6) is -1.39. The summed E-state index contributed by atoms with van der Waals surface area (Å²) in [6, 6.07) is 3.10. The third kappa shape index (κ3) is 2.65. The van der Waals surface area contributed by atoms with Gasteiger partial charge in [0.2, 0.25) is 5.82 Å². The lowest BCUT2D eigenvalue weighted by Gasteiger charge is -1.99. The number of carboxylic acid groups (broad SMARTS) is 1. The number of carboxylic acids is 1. The molecule has 0 saturated heterocycles. The number of nitrogens with one attached hydrogen (secondary N) is 2. The van der Waals surface area contributed by atoms with Crippen molar-refractivity contribution in [3.63, 3.8) is 0 Å². The quantitative estimate of drug-likeness (QED) is 0.636. The van der Waals surface area contributed by atoms with Crippen LogP contribution in [0.2, 0.25) is 5.02 Å². The number of rotatable bonds is 4. The first-order chi connectivity index (χ1) is 8.47. The van der Waals surface area contributed by atoms with Crippen molar-refractivity contribution in [2.75, 3.05) is 0 Å². The lowest BCUT2D eigenvalue weighted by atomic mass is 10.2. The molecule has 1 atom stereocenters. The van der Waals surface area contributed by atoms with Crippen molar-refractivity contribution in [3.8, 4) is 0 Å². The van der Waals surface area contributed by atoms with Gasteiger partial charge in [0.05, 0.1) is 17.6 Å². The largest absolute Gasteiger partial charge is 0.610 e. The van der Waals surface area contributed by atoms with Gasteiger partial charge in [0.1, 0.15) is 0 Å². The van der Waals surface area contributed by atoms with Crippen LogP contribution in [0, 0.1) is 0 Å². The molecule has 0 aliphatic rings. The van der Waals surface area contributed by atoms with E-state index in [-0.39, 0.29) is 12.4 Å². The summed E-state index contributed by atoms with van der Waals surface area (Å²) >= 11 is 5.87. The van der Waals surface area contributed by atoms with Gasteiger partial charge in [0.25, 0.3) is 0 Å². The molecule has 0 bridgehead atoms. The number of aromatic amines is 1. The highest BCUT2D eigenvalue weighted by molar-refractivity contribution is 7.35. The SMILES string of the molecule is O=C(O)c1nc2c(CN[P+](=O)O)cc(Cl)cc2[nH]1. The van der Waals surface area contributed by atoms with Crippen molar-refractivity contribution >= 4 is 36.8 Å². The van der Waals surface area contributed by atoms with Gasteiger partial charge < -0.3 is 10.1 Å². The van der Waals surface area contributed by atoms with Crippen LogP contribution in [-0.4, -0.2) is 25.9 Å². The molecule has 4 N–H and O–H groups in total. The highest BCUT2D eigenvalue weighted by Crippen LogP contribution is 2.23. The van der Waals surface area contributed by atoms with Crippen molar-refractivity contribution in [2.45, 2.75) is 6.54 Å². The first kappa shape index (κ1) is 12.9. The molecule has 1 aromatic heterocycles. The Morgan fingerprint density at radius 2 is 2.28 bits per heavy atom. The molecule has 7 nitrogen and oxygen atoms in total. The molecule has 0 saturated carbocycles. The summed E-state index contributed by atoms with van der Waals surface area (Å²) in [6.45, 7) is 0.0622. The van der Waals surface area contributed by atoms with E-state index in [1.54, 1.807) is 12.1 Å². The van der Waals surface area contributed by atoms with E-state index in [1.807, 2.05) is 0 Å². The predicted molar refractivity (Wildman–Crippen MR) is 64.7 cm³/mol. The molecule has 0 amide bonds. The fraction of sp³-hybridized carbons (Fsp3) is 0.111. The molecule has 0 aliphatic heterocycles. The molecule has 0 aliphatic carbocycles. The minimum Gasteiger partial charge on any atom is -0.475 e. The highest BCUT2D eigenvalue weighted by Gasteiger charge is 2.16. The Balaban J connectivity index is 2.50. The fourth-order valence-corrected chi connectivity index (χ4v) is 2.09. The number of hydrogen-bond donors (Lipinski definition) is 4. The van der Waals surface area contributed by atoms with Crippen LogP contribution >= 0.6 is 19.8 Å². The van der Waals surface area contributed by atoms with Crippen molar-refractivity contribution in [1.82, 2.24) is 15.1 Å². The van der Waals surface area contributed by atoms with Crippen molar-refractivity contribution in [1.29, 1.82) is 0 Å². The number of H-pyrrole nitrogens is 1. The standard InChI is InChI=1S/C9H7ClN3O4P/c10-5-1-4(3-11-18(16)17)7-6(2-5)12-8(13-7)9(14)15/h1-2H,3H2,(H3-,11,12,13,14,15,16,17)/p+1. The lowest BCUT2D eigenvalue weighted by Crippen LogP contribution is -2.03. The van der Waals surface area contributed by atoms with Crippen molar-refractivity contribution < 1.29 is 19.4 Å². The fourth-order valence-electron chi connectivity index (χ4n) is 1.54. The maximum Gasteiger partial charge on any atom is 0.610 e. The van der Waals surface area contributed by atoms with E-state index in [4.69, 9.17) is 21.6 Å². The van der Waals surface area contributed by atoms with Gasteiger partial charge in [-0.15, -0.1) is 4.89 Å². The van der Waals surface area contributed by atoms with Crippen molar-refractivity contribution in [2.24, 2.45) is 0 Å². The monoisotopic (exact) mass is 288 g/mol. The number of hydrogen-bond acceptors (Lipinski definition) is 3. The molecule has 94 valence electrons. The third-order valence-electron chi connectivity index (χ3n) is 2.24. The highest BCUT2D eigenvalue weighted by atomic mass is 35.5. The predicted octanol–water partition coefficient (Wildman–Crippen LogP) is 1.65. The molecular weight excluding hydrogens is 281 g/mol. The van der Waals surface area contributed by atoms with E-state index in [0.29, 0.717) is 21.6 Å². The first-order valence-electron chi connectivity index (χ1n) is 4.78. The van der Waals surface area contributed by atoms with Crippen LogP contribution in [0.1, 0.15) is 16.2 Å². The summed E-state index contributed by atoms with van der Waals surface area (Å²) in [7, 11) is -2.49. The summed E-state index contributed by atoms with van der Waals surface area (Å²) in [6.07, 6.45) is 0. The Morgan fingerprint density at radius 3 is 2.89 bits per heavy atom. The zero-order chi connectivity index (χ0) is 13.3. The van der Waals surface area contributed by atoms with Gasteiger partial charge >= 0.3 is 14.1 Å². The normalized spacial score (nSPS) is 11.8. The minimum atomic E-state index is -2.49. The van der Waals surface area contributed by atoms with Crippen LogP contribution in [-0.2, 0) is 11.1 Å². The van der Waals surface area contributed by atoms with E-state index >= 15 is 0 Å². The number of imidazole rings is 1. The van der Waals surface area contributed by atoms with Gasteiger partial charge in [-0.05, 0) is 22.3 Å². The van der Waals surface area contributed by atoms with Gasteiger partial charge in [-0.3, -0.25) is 0 Å². The van der Waals surface area contributed by atoms with Gasteiger partial charge in [0.15, 0.2) is 0 Å². The number of aromatic nitrogens is 2. The number of carbonyl (C=O) groups is 1. The number of aromatic carboxylic acids is 1. The van der Waals surface area contributed by atoms with Crippen LogP contribution < -0.4 is 5.09 Å². The van der Waals surface area contributed by atoms with Crippen LogP contribution in [0.25, 0.3) is 11.0 Å². The van der Waals surface area contributed by atoms with Crippen LogP contribution in [0.4, 0.5) is 0 Å². The van der Waals surface area contributed by atoms with Crippen LogP contribution in [0.3, 0.4) is 0 Å². The minimum absolute atomic E-state index is 0.0622. The Labute approximate surface area is 107 Å². The number of fused-ring (bicyclic) bond motifs is 1. The van der Waals surface area contributed by atoms with E-state index in [1.165, 1.54) is 0 Å². The van der Waals surface area contributed by atoms with Gasteiger partial charge in [-0.2, -0.15) is 0 Å². The number of nitrogens with zero attached hydrogens (tertiary/aromatic N) is 1. The zero-order valence-corrected chi connectivity index (χ0v) is 10.5. The lowest BCUT2D eigenvalue weighted by molar-refractivity contribution is 0.0685. The average Bonchev–Trinajstić information content (AvgIpc) is 2.69.